The smallest absolute Gasteiger partial charge is 0.255 e. The maximum atomic E-state index is 15.3. The van der Waals surface area contributed by atoms with E-state index < -0.39 is 11.7 Å². The number of rotatable bonds is 9. The Morgan fingerprint density at radius 1 is 0.921 bits per heavy atom. The van der Waals surface area contributed by atoms with Crippen molar-refractivity contribution in [1.29, 1.82) is 0 Å². The summed E-state index contributed by atoms with van der Waals surface area (Å²) < 4.78 is 22.0. The molecular formula is C49H62FN9O4. The summed E-state index contributed by atoms with van der Waals surface area (Å²) >= 11 is 0. The van der Waals surface area contributed by atoms with Crippen molar-refractivity contribution in [3.63, 3.8) is 0 Å². The van der Waals surface area contributed by atoms with E-state index in [0.29, 0.717) is 31.0 Å². The Balaban J connectivity index is 0.701. The summed E-state index contributed by atoms with van der Waals surface area (Å²) in [5, 5.41) is 3.63. The molecule has 3 atom stereocenters. The third-order valence-corrected chi connectivity index (χ3v) is 15.0. The Morgan fingerprint density at radius 2 is 1.68 bits per heavy atom. The van der Waals surface area contributed by atoms with Crippen LogP contribution in [0.2, 0.25) is 0 Å². The van der Waals surface area contributed by atoms with Gasteiger partial charge >= 0.3 is 0 Å². The molecule has 2 aromatic heterocycles. The highest BCUT2D eigenvalue weighted by molar-refractivity contribution is 6.05. The van der Waals surface area contributed by atoms with E-state index in [1.165, 1.54) is 17.4 Å². The molecule has 0 radical (unpaired) electrons. The number of benzene rings is 2. The number of carbonyl (C=O) groups is 3. The molecule has 63 heavy (non-hydrogen) atoms. The van der Waals surface area contributed by atoms with Crippen LogP contribution in [0.5, 0.6) is 0 Å². The topological polar surface area (TPSA) is 130 Å². The van der Waals surface area contributed by atoms with E-state index in [1.54, 1.807) is 18.7 Å². The minimum atomic E-state index is -1.35. The van der Waals surface area contributed by atoms with E-state index in [4.69, 9.17) is 14.7 Å². The van der Waals surface area contributed by atoms with Gasteiger partial charge in [0.2, 0.25) is 17.8 Å². The molecule has 2 N–H and O–H groups in total. The minimum Gasteiger partial charge on any atom is -0.373 e. The lowest BCUT2D eigenvalue weighted by molar-refractivity contribution is -0.136. The Bertz CT molecular complexity index is 2350. The molecule has 334 valence electrons. The average molecular weight is 860 g/mol. The van der Waals surface area contributed by atoms with Crippen LogP contribution in [0.1, 0.15) is 111 Å². The Kier molecular flexibility index (Phi) is 11.3. The number of nitrogens with one attached hydrogen (secondary N) is 2. The number of amides is 3. The number of anilines is 2. The van der Waals surface area contributed by atoms with Gasteiger partial charge in [-0.25, -0.2) is 14.4 Å². The predicted molar refractivity (Wildman–Crippen MR) is 240 cm³/mol. The normalized spacial score (nSPS) is 25.1. The second kappa shape index (κ2) is 16.9. The molecule has 0 saturated carbocycles. The number of imide groups is 1. The van der Waals surface area contributed by atoms with Crippen LogP contribution >= 0.6 is 0 Å². The van der Waals surface area contributed by atoms with Crippen LogP contribution < -0.4 is 15.1 Å². The van der Waals surface area contributed by atoms with Crippen LogP contribution in [-0.4, -0.2) is 130 Å². The van der Waals surface area contributed by atoms with Crippen molar-refractivity contribution in [3.05, 3.63) is 82.8 Å². The van der Waals surface area contributed by atoms with Gasteiger partial charge in [-0.1, -0.05) is 18.2 Å². The third-order valence-electron chi connectivity index (χ3n) is 15.0. The van der Waals surface area contributed by atoms with Crippen molar-refractivity contribution in [2.45, 2.75) is 114 Å². The second-order valence-electron chi connectivity index (χ2n) is 19.8. The third kappa shape index (κ3) is 8.46. The lowest BCUT2D eigenvalue weighted by atomic mass is 9.87. The zero-order chi connectivity index (χ0) is 43.5. The van der Waals surface area contributed by atoms with Gasteiger partial charge in [0.1, 0.15) is 11.7 Å². The SMILES string of the molecule is C[C@@H]1Cc2c([nH]c3ccccc23)[C@@H](c2cnc(N3CCC4(CCN(CCC5CCN(c6ccc7c(c6)CN(C6CCC(=O)NC6=O)C7=O)CC5)CCO4)CC3)nc2)N1CC(C)(C)F. The summed E-state index contributed by atoms with van der Waals surface area (Å²) in [5.41, 5.74) is 5.82. The van der Waals surface area contributed by atoms with E-state index in [0.717, 1.165) is 125 Å². The molecule has 0 aliphatic carbocycles. The van der Waals surface area contributed by atoms with Crippen molar-refractivity contribution < 1.29 is 23.5 Å². The summed E-state index contributed by atoms with van der Waals surface area (Å²) in [5.74, 6) is 0.655. The first-order chi connectivity index (χ1) is 30.4. The van der Waals surface area contributed by atoms with E-state index >= 15 is 4.39 Å². The molecule has 0 bridgehead atoms. The highest BCUT2D eigenvalue weighted by Crippen LogP contribution is 2.42. The standard InChI is InChI=1S/C49H62FN9O4/c1-32-26-39-38-6-4-5-7-40(38)53-43(39)44(59(32)31-48(2,3)50)35-28-51-47(52-29-35)57-22-16-49(17-23-57)15-21-55(24-25-63-49)18-12-33-13-19-56(20-14-33)36-8-9-37-34(27-36)30-58(46(37)62)41-10-11-42(60)54-45(41)61/h4-9,27-29,32-33,41,44,53H,10-26,30-31H2,1-3H3,(H,54,60,61)/t32-,41?,44-/m1/s1. The van der Waals surface area contributed by atoms with Crippen LogP contribution in [0, 0.1) is 5.92 Å². The van der Waals surface area contributed by atoms with Crippen molar-refractivity contribution >= 4 is 40.3 Å². The number of hydrogen-bond donors (Lipinski definition) is 2. The molecule has 1 unspecified atom stereocenters. The molecule has 3 amide bonds. The maximum absolute atomic E-state index is 15.3. The lowest BCUT2D eigenvalue weighted by Gasteiger charge is -2.43. The van der Waals surface area contributed by atoms with Crippen molar-refractivity contribution in [2.75, 3.05) is 68.8 Å². The van der Waals surface area contributed by atoms with Crippen molar-refractivity contribution in [2.24, 2.45) is 5.92 Å². The summed E-state index contributed by atoms with van der Waals surface area (Å²) in [7, 11) is 0. The number of aromatic amines is 1. The zero-order valence-corrected chi connectivity index (χ0v) is 37.1. The van der Waals surface area contributed by atoms with Gasteiger partial charge < -0.3 is 29.3 Å². The van der Waals surface area contributed by atoms with Gasteiger partial charge in [-0.15, -0.1) is 0 Å². The second-order valence-corrected chi connectivity index (χ2v) is 19.8. The lowest BCUT2D eigenvalue weighted by Crippen LogP contribution is -2.52. The predicted octanol–water partition coefficient (Wildman–Crippen LogP) is 6.17. The number of alkyl halides is 1. The fourth-order valence-electron chi connectivity index (χ4n) is 11.5. The van der Waals surface area contributed by atoms with Gasteiger partial charge in [-0.05, 0) is 120 Å². The largest absolute Gasteiger partial charge is 0.373 e. The van der Waals surface area contributed by atoms with E-state index in [-0.39, 0.29) is 41.8 Å². The monoisotopic (exact) mass is 859 g/mol. The van der Waals surface area contributed by atoms with Crippen molar-refractivity contribution in [3.8, 4) is 0 Å². The van der Waals surface area contributed by atoms with Gasteiger partial charge in [-0.2, -0.15) is 0 Å². The summed E-state index contributed by atoms with van der Waals surface area (Å²) in [6.45, 7) is 13.8. The van der Waals surface area contributed by atoms with Crippen LogP contribution in [0.15, 0.2) is 54.9 Å². The first-order valence-corrected chi connectivity index (χ1v) is 23.4. The van der Waals surface area contributed by atoms with Crippen LogP contribution in [0.3, 0.4) is 0 Å². The van der Waals surface area contributed by atoms with Crippen LogP contribution in [0.4, 0.5) is 16.0 Å². The first-order valence-electron chi connectivity index (χ1n) is 23.4. The van der Waals surface area contributed by atoms with Crippen molar-refractivity contribution in [1.82, 2.24) is 35.0 Å². The van der Waals surface area contributed by atoms with Gasteiger partial charge in [0, 0.05) is 111 Å². The van der Waals surface area contributed by atoms with Gasteiger partial charge in [0.15, 0.2) is 0 Å². The van der Waals surface area contributed by atoms with E-state index in [2.05, 4.69) is 67.2 Å². The maximum Gasteiger partial charge on any atom is 0.255 e. The number of carbonyl (C=O) groups excluding carboxylic acids is 3. The number of nitrogens with zero attached hydrogens (tertiary/aromatic N) is 7. The Morgan fingerprint density at radius 3 is 2.44 bits per heavy atom. The molecule has 1 spiro atoms. The molecule has 10 rings (SSSR count). The molecule has 8 heterocycles. The number of halogens is 1. The van der Waals surface area contributed by atoms with E-state index in [9.17, 15) is 14.4 Å². The Hall–Kier alpha value is -4.92. The molecule has 4 saturated heterocycles. The zero-order valence-electron chi connectivity index (χ0n) is 37.1. The summed E-state index contributed by atoms with van der Waals surface area (Å²) in [6, 6.07) is 13.9. The average Bonchev–Trinajstić information content (AvgIpc) is 3.73. The fraction of sp³-hybridized carbons (Fsp3) is 0.571. The number of H-pyrrole nitrogens is 1. The van der Waals surface area contributed by atoms with Gasteiger partial charge in [0.25, 0.3) is 5.91 Å². The fourth-order valence-corrected chi connectivity index (χ4v) is 11.5. The molecular weight excluding hydrogens is 798 g/mol. The number of hydrogen-bond acceptors (Lipinski definition) is 10. The van der Waals surface area contributed by atoms with E-state index in [1.807, 2.05) is 24.5 Å². The molecule has 4 fully saturated rings. The molecule has 14 heteroatoms. The minimum absolute atomic E-state index is 0.111. The highest BCUT2D eigenvalue weighted by Gasteiger charge is 2.42. The number of fused-ring (bicyclic) bond motifs is 4. The number of aromatic nitrogens is 3. The van der Waals surface area contributed by atoms with Crippen LogP contribution in [-0.2, 0) is 27.3 Å². The molecule has 4 aromatic rings. The molecule has 6 aliphatic rings. The van der Waals surface area contributed by atoms with Crippen LogP contribution in [0.25, 0.3) is 10.9 Å². The number of para-hydroxylation sites is 1. The molecule has 6 aliphatic heterocycles. The van der Waals surface area contributed by atoms with Gasteiger partial charge in [0.05, 0.1) is 18.2 Å². The Labute approximate surface area is 369 Å². The number of piperidine rings is 3. The summed E-state index contributed by atoms with van der Waals surface area (Å²) in [4.78, 5) is 62.2. The first kappa shape index (κ1) is 42.1. The summed E-state index contributed by atoms with van der Waals surface area (Å²) in [6.07, 6.45) is 11.8. The highest BCUT2D eigenvalue weighted by atomic mass is 19.1. The number of ether oxygens (including phenoxy) is 1. The molecule has 2 aromatic carbocycles. The quantitative estimate of drug-likeness (QED) is 0.189. The van der Waals surface area contributed by atoms with Gasteiger partial charge in [-0.3, -0.25) is 24.6 Å². The molecule has 13 nitrogen and oxygen atoms in total.